The summed E-state index contributed by atoms with van der Waals surface area (Å²) < 4.78 is 67.6. The number of nitrogens with two attached hydrogens (primary N) is 2. The number of nitrogens with zero attached hydrogens (tertiary/aromatic N) is 2. The van der Waals surface area contributed by atoms with Crippen molar-refractivity contribution in [2.24, 2.45) is 22.7 Å². The van der Waals surface area contributed by atoms with Crippen molar-refractivity contribution in [3.63, 3.8) is 0 Å². The van der Waals surface area contributed by atoms with Crippen LogP contribution in [0.25, 0.3) is 17.2 Å². The molecule has 0 spiro atoms. The van der Waals surface area contributed by atoms with Crippen LogP contribution >= 0.6 is 11.3 Å². The monoisotopic (exact) mass is 561 g/mol. The SMILES string of the molecule is N/N=C(\NN)C1CCN(CC2=Cc3c(F)cc(OCc4cc(-c5ccccc5)c(C(F)(F)F)s4)cc3OC2)C1. The maximum Gasteiger partial charge on any atom is 0.426 e. The van der Waals surface area contributed by atoms with Gasteiger partial charge < -0.3 is 20.7 Å². The summed E-state index contributed by atoms with van der Waals surface area (Å²) in [5.41, 5.74) is 4.32. The highest BCUT2D eigenvalue weighted by molar-refractivity contribution is 7.12. The zero-order valence-electron chi connectivity index (χ0n) is 20.8. The van der Waals surface area contributed by atoms with Gasteiger partial charge in [-0.15, -0.1) is 11.3 Å². The Kier molecular flexibility index (Phi) is 7.78. The Morgan fingerprint density at radius 2 is 2.00 bits per heavy atom. The molecule has 0 aliphatic carbocycles. The molecule has 39 heavy (non-hydrogen) atoms. The third-order valence-electron chi connectivity index (χ3n) is 6.71. The van der Waals surface area contributed by atoms with E-state index in [1.54, 1.807) is 42.5 Å². The number of hydrazone groups is 1. The van der Waals surface area contributed by atoms with E-state index < -0.39 is 16.9 Å². The van der Waals surface area contributed by atoms with Crippen LogP contribution in [0, 0.1) is 11.7 Å². The highest BCUT2D eigenvalue weighted by Gasteiger charge is 2.36. The third kappa shape index (κ3) is 6.02. The maximum atomic E-state index is 15.0. The van der Waals surface area contributed by atoms with Crippen molar-refractivity contribution in [2.75, 3.05) is 26.2 Å². The number of ether oxygens (including phenoxy) is 2. The van der Waals surface area contributed by atoms with E-state index in [0.717, 1.165) is 18.5 Å². The average Bonchev–Trinajstić information content (AvgIpc) is 3.57. The first-order chi connectivity index (χ1) is 18.7. The van der Waals surface area contributed by atoms with E-state index in [4.69, 9.17) is 21.2 Å². The molecule has 1 saturated heterocycles. The average molecular weight is 562 g/mol. The molecule has 2 aromatic carbocycles. The van der Waals surface area contributed by atoms with Crippen molar-refractivity contribution in [1.29, 1.82) is 0 Å². The summed E-state index contributed by atoms with van der Waals surface area (Å²) in [5, 5.41) is 3.69. The molecule has 206 valence electrons. The van der Waals surface area contributed by atoms with Gasteiger partial charge in [-0.25, -0.2) is 10.2 Å². The molecule has 3 aromatic rings. The lowest BCUT2D eigenvalue weighted by atomic mass is 10.1. The first-order valence-corrected chi connectivity index (χ1v) is 13.1. The molecule has 5 N–H and O–H groups in total. The van der Waals surface area contributed by atoms with Crippen LogP contribution in [0.1, 0.15) is 21.7 Å². The van der Waals surface area contributed by atoms with E-state index in [-0.39, 0.29) is 30.4 Å². The Balaban J connectivity index is 1.27. The summed E-state index contributed by atoms with van der Waals surface area (Å²) in [7, 11) is 0. The molecule has 0 bridgehead atoms. The van der Waals surface area contributed by atoms with Gasteiger partial charge in [-0.3, -0.25) is 4.90 Å². The molecule has 1 atom stereocenters. The van der Waals surface area contributed by atoms with Crippen molar-refractivity contribution in [2.45, 2.75) is 19.2 Å². The predicted octanol–water partition coefficient (Wildman–Crippen LogP) is 4.99. The van der Waals surface area contributed by atoms with E-state index in [2.05, 4.69) is 15.4 Å². The van der Waals surface area contributed by atoms with Crippen LogP contribution in [0.4, 0.5) is 17.6 Å². The van der Waals surface area contributed by atoms with Crippen LogP contribution in [0.3, 0.4) is 0 Å². The number of nitrogens with one attached hydrogen (secondary N) is 1. The van der Waals surface area contributed by atoms with Crippen molar-refractivity contribution < 1.29 is 27.0 Å². The summed E-state index contributed by atoms with van der Waals surface area (Å²) in [6.45, 7) is 2.27. The number of hydrazine groups is 1. The van der Waals surface area contributed by atoms with E-state index in [1.165, 1.54) is 12.1 Å². The summed E-state index contributed by atoms with van der Waals surface area (Å²) in [6.07, 6.45) is -1.88. The van der Waals surface area contributed by atoms with Crippen LogP contribution in [0.15, 0.2) is 59.2 Å². The minimum Gasteiger partial charge on any atom is -0.488 e. The second-order valence-electron chi connectivity index (χ2n) is 9.40. The van der Waals surface area contributed by atoms with E-state index in [1.807, 2.05) is 0 Å². The van der Waals surface area contributed by atoms with Gasteiger partial charge in [0.1, 0.15) is 41.2 Å². The molecule has 2 aliphatic rings. The van der Waals surface area contributed by atoms with Crippen LogP contribution in [0.5, 0.6) is 11.5 Å². The Labute approximate surface area is 226 Å². The van der Waals surface area contributed by atoms with Gasteiger partial charge in [0.05, 0.1) is 5.56 Å². The van der Waals surface area contributed by atoms with Gasteiger partial charge in [0.2, 0.25) is 0 Å². The summed E-state index contributed by atoms with van der Waals surface area (Å²) in [6, 6.07) is 12.6. The fourth-order valence-corrected chi connectivity index (χ4v) is 5.84. The number of likely N-dealkylation sites (tertiary alicyclic amines) is 1. The second kappa shape index (κ2) is 11.2. The lowest BCUT2D eigenvalue weighted by Crippen LogP contribution is -2.38. The van der Waals surface area contributed by atoms with Crippen molar-refractivity contribution in [3.05, 3.63) is 75.2 Å². The molecule has 1 aromatic heterocycles. The van der Waals surface area contributed by atoms with E-state index >= 15 is 4.39 Å². The van der Waals surface area contributed by atoms with Gasteiger partial charge in [-0.1, -0.05) is 30.3 Å². The van der Waals surface area contributed by atoms with Gasteiger partial charge in [0.25, 0.3) is 0 Å². The third-order valence-corrected chi connectivity index (χ3v) is 7.86. The number of hydrogen-bond donors (Lipinski definition) is 3. The molecule has 0 saturated carbocycles. The van der Waals surface area contributed by atoms with Gasteiger partial charge >= 0.3 is 6.18 Å². The normalized spacial score (nSPS) is 17.9. The molecule has 0 amide bonds. The molecule has 7 nitrogen and oxygen atoms in total. The largest absolute Gasteiger partial charge is 0.488 e. The number of benzene rings is 2. The number of amidine groups is 1. The van der Waals surface area contributed by atoms with Gasteiger partial charge in [-0.2, -0.15) is 18.3 Å². The highest BCUT2D eigenvalue weighted by Crippen LogP contribution is 2.43. The lowest BCUT2D eigenvalue weighted by Gasteiger charge is -2.23. The molecule has 2 aliphatic heterocycles. The molecule has 1 unspecified atom stereocenters. The quantitative estimate of drug-likeness (QED) is 0.124. The number of rotatable bonds is 7. The standard InChI is InChI=1S/C27H27F4N5O2S/c28-23-9-19(37-15-20-11-21(17-4-2-1-3-5-17)25(39-20)27(29,30)31)10-24-22(23)8-16(14-38-24)12-36-7-6-18(13-36)26(34-32)35-33/h1-5,8-11,18H,6-7,12-15,32-33H2,(H,34,35). The van der Waals surface area contributed by atoms with Gasteiger partial charge in [0.15, 0.2) is 0 Å². The van der Waals surface area contributed by atoms with E-state index in [9.17, 15) is 13.2 Å². The Bertz CT molecular complexity index is 1390. The molecular weight excluding hydrogens is 534 g/mol. The predicted molar refractivity (Wildman–Crippen MR) is 142 cm³/mol. The highest BCUT2D eigenvalue weighted by atomic mass is 32.1. The van der Waals surface area contributed by atoms with Crippen molar-refractivity contribution in [3.8, 4) is 22.6 Å². The second-order valence-corrected chi connectivity index (χ2v) is 10.5. The zero-order valence-corrected chi connectivity index (χ0v) is 21.6. The number of halogens is 4. The van der Waals surface area contributed by atoms with Crippen LogP contribution < -0.4 is 26.6 Å². The van der Waals surface area contributed by atoms with Crippen LogP contribution in [0.2, 0.25) is 0 Å². The first kappa shape index (κ1) is 27.0. The summed E-state index contributed by atoms with van der Waals surface area (Å²) >= 11 is 0.619. The molecule has 12 heteroatoms. The Morgan fingerprint density at radius 1 is 1.21 bits per heavy atom. The smallest absolute Gasteiger partial charge is 0.426 e. The van der Waals surface area contributed by atoms with Gasteiger partial charge in [-0.05, 0) is 36.2 Å². The Hall–Kier alpha value is -3.61. The minimum absolute atomic E-state index is 0.0967. The number of thiophene rings is 1. The number of hydrogen-bond acceptors (Lipinski definition) is 7. The topological polar surface area (TPSA) is 98.1 Å². The zero-order chi connectivity index (χ0) is 27.6. The molecule has 3 heterocycles. The number of alkyl halides is 3. The van der Waals surface area contributed by atoms with Gasteiger partial charge in [0, 0.05) is 41.6 Å². The van der Waals surface area contributed by atoms with Crippen LogP contribution in [-0.4, -0.2) is 37.0 Å². The van der Waals surface area contributed by atoms with Crippen molar-refractivity contribution in [1.82, 2.24) is 10.3 Å². The number of fused-ring (bicyclic) bond motifs is 1. The van der Waals surface area contributed by atoms with Crippen LogP contribution in [-0.2, 0) is 12.8 Å². The summed E-state index contributed by atoms with van der Waals surface area (Å²) in [4.78, 5) is 1.88. The maximum absolute atomic E-state index is 15.0. The lowest BCUT2D eigenvalue weighted by molar-refractivity contribution is -0.133. The van der Waals surface area contributed by atoms with E-state index in [0.29, 0.717) is 52.0 Å². The van der Waals surface area contributed by atoms with Crippen molar-refractivity contribution >= 4 is 23.2 Å². The first-order valence-electron chi connectivity index (χ1n) is 12.3. The Morgan fingerprint density at radius 3 is 2.72 bits per heavy atom. The summed E-state index contributed by atoms with van der Waals surface area (Å²) in [5.74, 6) is 11.5. The molecule has 1 fully saturated rings. The minimum atomic E-state index is -4.50. The molecule has 5 rings (SSSR count). The molecule has 0 radical (unpaired) electrons. The molecular formula is C27H27F4N5O2S. The fraction of sp³-hybridized carbons (Fsp3) is 0.296. The fourth-order valence-electron chi connectivity index (χ4n) is 4.88.